The number of carbonyl (C=O) groups excluding carboxylic acids is 2. The summed E-state index contributed by atoms with van der Waals surface area (Å²) >= 11 is 0. The fourth-order valence-electron chi connectivity index (χ4n) is 4.14. The smallest absolute Gasteiger partial charge is 0.227 e. The lowest BCUT2D eigenvalue weighted by molar-refractivity contribution is -0.147. The van der Waals surface area contributed by atoms with Gasteiger partial charge in [-0.2, -0.15) is 0 Å². The minimum atomic E-state index is -0.384. The predicted octanol–water partition coefficient (Wildman–Crippen LogP) is 1.88. The van der Waals surface area contributed by atoms with Gasteiger partial charge in [-0.15, -0.1) is 0 Å². The number of piperidine rings is 2. The van der Waals surface area contributed by atoms with Gasteiger partial charge >= 0.3 is 0 Å². The van der Waals surface area contributed by atoms with E-state index in [2.05, 4.69) is 0 Å². The van der Waals surface area contributed by atoms with Crippen LogP contribution in [0.3, 0.4) is 0 Å². The molecule has 3 aliphatic heterocycles. The molecule has 6 nitrogen and oxygen atoms in total. The van der Waals surface area contributed by atoms with E-state index in [1.54, 1.807) is 0 Å². The molecule has 1 unspecified atom stereocenters. The molecule has 0 aliphatic carbocycles. The topological polar surface area (TPSA) is 59.1 Å². The zero-order valence-corrected chi connectivity index (χ0v) is 15.8. The van der Waals surface area contributed by atoms with Gasteiger partial charge in [0, 0.05) is 37.5 Å². The Morgan fingerprint density at radius 2 is 1.56 bits per heavy atom. The molecule has 3 aliphatic rings. The maximum atomic E-state index is 12.9. The van der Waals surface area contributed by atoms with Crippen LogP contribution in [0.2, 0.25) is 0 Å². The normalized spacial score (nSPS) is 26.9. The minimum Gasteiger partial charge on any atom is -0.350 e. The minimum absolute atomic E-state index is 0.0458. The van der Waals surface area contributed by atoms with Crippen LogP contribution in [0, 0.1) is 17.3 Å². The number of ether oxygens (including phenoxy) is 2. The lowest BCUT2D eigenvalue weighted by Gasteiger charge is -2.39. The van der Waals surface area contributed by atoms with Crippen molar-refractivity contribution in [3.05, 3.63) is 0 Å². The molecular formula is C19H32N2O4. The SMILES string of the molecule is CC(C)(C)C(=O)N1CCCC(C(=O)N2CCC(C3OCCO3)CC2)C1. The average Bonchev–Trinajstić information content (AvgIpc) is 3.14. The summed E-state index contributed by atoms with van der Waals surface area (Å²) in [5.74, 6) is 0.727. The number of nitrogens with zero attached hydrogens (tertiary/aromatic N) is 2. The van der Waals surface area contributed by atoms with Crippen LogP contribution in [0.1, 0.15) is 46.5 Å². The van der Waals surface area contributed by atoms with Crippen molar-refractivity contribution in [2.45, 2.75) is 52.7 Å². The van der Waals surface area contributed by atoms with E-state index in [-0.39, 0.29) is 29.4 Å². The van der Waals surface area contributed by atoms with Gasteiger partial charge in [0.05, 0.1) is 19.1 Å². The third kappa shape index (κ3) is 4.34. The van der Waals surface area contributed by atoms with Crippen LogP contribution in [0.25, 0.3) is 0 Å². The maximum Gasteiger partial charge on any atom is 0.227 e. The van der Waals surface area contributed by atoms with Crippen LogP contribution >= 0.6 is 0 Å². The number of amides is 2. The van der Waals surface area contributed by atoms with Gasteiger partial charge in [-0.3, -0.25) is 9.59 Å². The van der Waals surface area contributed by atoms with E-state index in [4.69, 9.17) is 9.47 Å². The highest BCUT2D eigenvalue weighted by Gasteiger charge is 2.37. The van der Waals surface area contributed by atoms with Crippen LogP contribution in [-0.4, -0.2) is 67.3 Å². The van der Waals surface area contributed by atoms with Crippen LogP contribution in [0.4, 0.5) is 0 Å². The summed E-state index contributed by atoms with van der Waals surface area (Å²) in [6, 6.07) is 0. The molecule has 3 heterocycles. The second kappa shape index (κ2) is 7.62. The quantitative estimate of drug-likeness (QED) is 0.761. The van der Waals surface area contributed by atoms with Crippen molar-refractivity contribution < 1.29 is 19.1 Å². The van der Waals surface area contributed by atoms with E-state index < -0.39 is 0 Å². The molecule has 2 amide bonds. The first kappa shape index (κ1) is 18.6. The predicted molar refractivity (Wildman–Crippen MR) is 93.8 cm³/mol. The monoisotopic (exact) mass is 352 g/mol. The summed E-state index contributed by atoms with van der Waals surface area (Å²) < 4.78 is 11.2. The molecule has 142 valence electrons. The van der Waals surface area contributed by atoms with Gasteiger partial charge in [-0.1, -0.05) is 20.8 Å². The standard InChI is InChI=1S/C19H32N2O4/c1-19(2,3)18(23)21-8-4-5-15(13-21)16(22)20-9-6-14(7-10-20)17-24-11-12-25-17/h14-15,17H,4-13H2,1-3H3. The molecule has 0 aromatic heterocycles. The number of likely N-dealkylation sites (tertiary alicyclic amines) is 2. The Labute approximate surface area is 150 Å². The number of hydrogen-bond donors (Lipinski definition) is 0. The summed E-state index contributed by atoms with van der Waals surface area (Å²) in [6.45, 7) is 10.1. The largest absolute Gasteiger partial charge is 0.350 e. The first-order valence-corrected chi connectivity index (χ1v) is 9.67. The van der Waals surface area contributed by atoms with Crippen LogP contribution in [0.15, 0.2) is 0 Å². The first-order chi connectivity index (χ1) is 11.9. The van der Waals surface area contributed by atoms with Crippen molar-refractivity contribution in [1.29, 1.82) is 0 Å². The van der Waals surface area contributed by atoms with Crippen LogP contribution < -0.4 is 0 Å². The highest BCUT2D eigenvalue weighted by atomic mass is 16.7. The molecule has 25 heavy (non-hydrogen) atoms. The number of hydrogen-bond acceptors (Lipinski definition) is 4. The molecular weight excluding hydrogens is 320 g/mol. The zero-order valence-electron chi connectivity index (χ0n) is 15.8. The molecule has 0 N–H and O–H groups in total. The second-order valence-corrected chi connectivity index (χ2v) is 8.61. The lowest BCUT2D eigenvalue weighted by Crippen LogP contribution is -2.51. The lowest BCUT2D eigenvalue weighted by atomic mass is 9.89. The zero-order chi connectivity index (χ0) is 18.0. The van der Waals surface area contributed by atoms with Gasteiger partial charge in [0.25, 0.3) is 0 Å². The Hall–Kier alpha value is -1.14. The van der Waals surface area contributed by atoms with Crippen molar-refractivity contribution in [2.75, 3.05) is 39.4 Å². The molecule has 6 heteroatoms. The Kier molecular flexibility index (Phi) is 5.68. The number of rotatable bonds is 2. The van der Waals surface area contributed by atoms with Crippen LogP contribution in [0.5, 0.6) is 0 Å². The molecule has 3 rings (SSSR count). The van der Waals surface area contributed by atoms with Gasteiger partial charge in [-0.25, -0.2) is 0 Å². The fraction of sp³-hybridized carbons (Fsp3) is 0.895. The summed E-state index contributed by atoms with van der Waals surface area (Å²) in [5.41, 5.74) is -0.384. The Morgan fingerprint density at radius 1 is 0.920 bits per heavy atom. The van der Waals surface area contributed by atoms with E-state index in [0.29, 0.717) is 25.7 Å². The Morgan fingerprint density at radius 3 is 2.16 bits per heavy atom. The Balaban J connectivity index is 1.52. The van der Waals surface area contributed by atoms with Crippen molar-refractivity contribution in [3.63, 3.8) is 0 Å². The first-order valence-electron chi connectivity index (χ1n) is 9.67. The summed E-state index contributed by atoms with van der Waals surface area (Å²) in [7, 11) is 0. The van der Waals surface area contributed by atoms with Crippen molar-refractivity contribution in [3.8, 4) is 0 Å². The third-order valence-electron chi connectivity index (χ3n) is 5.58. The van der Waals surface area contributed by atoms with Gasteiger partial charge < -0.3 is 19.3 Å². The van der Waals surface area contributed by atoms with Crippen molar-refractivity contribution >= 4 is 11.8 Å². The van der Waals surface area contributed by atoms with E-state index in [9.17, 15) is 9.59 Å². The summed E-state index contributed by atoms with van der Waals surface area (Å²) in [4.78, 5) is 29.3. The highest BCUT2D eigenvalue weighted by Crippen LogP contribution is 2.29. The highest BCUT2D eigenvalue weighted by molar-refractivity contribution is 5.84. The average molecular weight is 352 g/mol. The van der Waals surface area contributed by atoms with Gasteiger partial charge in [0.1, 0.15) is 0 Å². The van der Waals surface area contributed by atoms with E-state index >= 15 is 0 Å². The fourth-order valence-corrected chi connectivity index (χ4v) is 4.14. The third-order valence-corrected chi connectivity index (χ3v) is 5.58. The van der Waals surface area contributed by atoms with Gasteiger partial charge in [0.15, 0.2) is 6.29 Å². The molecule has 0 saturated carbocycles. The van der Waals surface area contributed by atoms with E-state index in [0.717, 1.165) is 45.3 Å². The Bertz CT molecular complexity index is 488. The number of carbonyl (C=O) groups is 2. The molecule has 0 bridgehead atoms. The van der Waals surface area contributed by atoms with Crippen molar-refractivity contribution in [1.82, 2.24) is 9.80 Å². The van der Waals surface area contributed by atoms with Crippen molar-refractivity contribution in [2.24, 2.45) is 17.3 Å². The molecule has 3 saturated heterocycles. The summed E-state index contributed by atoms with van der Waals surface area (Å²) in [5, 5.41) is 0. The van der Waals surface area contributed by atoms with Gasteiger partial charge in [-0.05, 0) is 25.7 Å². The maximum absolute atomic E-state index is 12.9. The van der Waals surface area contributed by atoms with E-state index in [1.807, 2.05) is 30.6 Å². The molecule has 0 spiro atoms. The molecule has 3 fully saturated rings. The molecule has 0 aromatic rings. The molecule has 0 radical (unpaired) electrons. The second-order valence-electron chi connectivity index (χ2n) is 8.61. The van der Waals surface area contributed by atoms with E-state index in [1.165, 1.54) is 0 Å². The van der Waals surface area contributed by atoms with Crippen LogP contribution in [-0.2, 0) is 19.1 Å². The molecule has 1 atom stereocenters. The van der Waals surface area contributed by atoms with Gasteiger partial charge in [0.2, 0.25) is 11.8 Å². The molecule has 0 aromatic carbocycles. The summed E-state index contributed by atoms with van der Waals surface area (Å²) in [6.07, 6.45) is 3.61.